The Kier molecular flexibility index (Phi) is 14.4. The van der Waals surface area contributed by atoms with E-state index in [1.165, 1.54) is 55.6 Å². The molecule has 10 rings (SSSR count). The van der Waals surface area contributed by atoms with E-state index >= 15 is 0 Å². The maximum atomic E-state index is 4.42. The van der Waals surface area contributed by atoms with Crippen LogP contribution in [0.3, 0.4) is 0 Å². The van der Waals surface area contributed by atoms with Crippen molar-refractivity contribution in [2.45, 2.75) is 40.0 Å². The second kappa shape index (κ2) is 21.9. The van der Waals surface area contributed by atoms with Crippen molar-refractivity contribution in [2.75, 3.05) is 9.80 Å². The first-order chi connectivity index (χ1) is 36.7. The Balaban J connectivity index is 1.01. The van der Waals surface area contributed by atoms with E-state index in [4.69, 9.17) is 0 Å². The lowest BCUT2D eigenvalue weighted by Crippen LogP contribution is -2.29. The van der Waals surface area contributed by atoms with E-state index in [2.05, 4.69) is 293 Å². The van der Waals surface area contributed by atoms with Crippen molar-refractivity contribution in [3.8, 4) is 33.4 Å². The first-order valence-corrected chi connectivity index (χ1v) is 25.8. The molecule has 0 spiro atoms. The Morgan fingerprint density at radius 3 is 1.64 bits per heavy atom. The van der Waals surface area contributed by atoms with Crippen molar-refractivity contribution in [3.63, 3.8) is 0 Å². The number of benzene rings is 8. The van der Waals surface area contributed by atoms with Gasteiger partial charge in [-0.1, -0.05) is 206 Å². The minimum Gasteiger partial charge on any atom is -0.311 e. The molecule has 0 amide bonds. The molecule has 0 aromatic heterocycles. The zero-order valence-electron chi connectivity index (χ0n) is 43.6. The number of fused-ring (bicyclic) bond motifs is 3. The quantitative estimate of drug-likeness (QED) is 0.0746. The summed E-state index contributed by atoms with van der Waals surface area (Å²) in [6.45, 7) is 19.2. The Morgan fingerprint density at radius 2 is 1.03 bits per heavy atom. The second-order valence-corrected chi connectivity index (χ2v) is 19.3. The third-order valence-electron chi connectivity index (χ3n) is 14.4. The van der Waals surface area contributed by atoms with Crippen LogP contribution < -0.4 is 9.80 Å². The molecular formula is C73H62N2. The topological polar surface area (TPSA) is 6.48 Å². The fourth-order valence-electron chi connectivity index (χ4n) is 10.8. The molecule has 0 aliphatic heterocycles. The summed E-state index contributed by atoms with van der Waals surface area (Å²) in [6.07, 6.45) is 22.8. The van der Waals surface area contributed by atoms with Gasteiger partial charge in [-0.05, 0) is 186 Å². The predicted octanol–water partition coefficient (Wildman–Crippen LogP) is 19.5. The molecule has 1 atom stereocenters. The van der Waals surface area contributed by atoms with Gasteiger partial charge in [-0.25, -0.2) is 0 Å². The highest BCUT2D eigenvalue weighted by Gasteiger charge is 2.46. The summed E-state index contributed by atoms with van der Waals surface area (Å²) in [4.78, 5) is 4.68. The molecule has 0 saturated carbocycles. The highest BCUT2D eigenvalue weighted by molar-refractivity contribution is 5.90. The van der Waals surface area contributed by atoms with Crippen molar-refractivity contribution in [3.05, 3.63) is 341 Å². The zero-order chi connectivity index (χ0) is 51.9. The Labute approximate surface area is 445 Å². The van der Waals surface area contributed by atoms with Crippen LogP contribution in [0.4, 0.5) is 22.7 Å². The second-order valence-electron chi connectivity index (χ2n) is 19.3. The molecule has 0 radical (unpaired) electrons. The monoisotopic (exact) mass is 966 g/mol. The van der Waals surface area contributed by atoms with E-state index in [1.54, 1.807) is 0 Å². The van der Waals surface area contributed by atoms with Crippen LogP contribution >= 0.6 is 0 Å². The lowest BCUT2D eigenvalue weighted by Gasteiger charge is -2.35. The number of allylic oxidation sites excluding steroid dienone is 13. The molecule has 1 unspecified atom stereocenters. The first kappa shape index (κ1) is 49.4. The number of rotatable bonds is 15. The molecule has 8 aromatic carbocycles. The molecule has 2 aliphatic carbocycles. The summed E-state index contributed by atoms with van der Waals surface area (Å²) in [6, 6.07) is 71.3. The van der Waals surface area contributed by atoms with E-state index in [0.29, 0.717) is 0 Å². The molecule has 75 heavy (non-hydrogen) atoms. The summed E-state index contributed by atoms with van der Waals surface area (Å²) < 4.78 is 0. The highest BCUT2D eigenvalue weighted by atomic mass is 15.2. The molecule has 0 fully saturated rings. The normalized spacial score (nSPS) is 14.9. The maximum absolute atomic E-state index is 4.42. The van der Waals surface area contributed by atoms with Gasteiger partial charge in [0.05, 0.1) is 5.41 Å². The highest BCUT2D eigenvalue weighted by Crippen LogP contribution is 2.57. The maximum Gasteiger partial charge on any atom is 0.0716 e. The number of nitrogens with zero attached hydrogens (tertiary/aromatic N) is 2. The molecular weight excluding hydrogens is 905 g/mol. The van der Waals surface area contributed by atoms with Crippen LogP contribution in [0.1, 0.15) is 54.2 Å². The molecule has 0 saturated heterocycles. The summed E-state index contributed by atoms with van der Waals surface area (Å²) >= 11 is 0. The number of anilines is 4. The van der Waals surface area contributed by atoms with Gasteiger partial charge < -0.3 is 9.80 Å². The van der Waals surface area contributed by atoms with Gasteiger partial charge in [0, 0.05) is 34.1 Å². The standard InChI is InChI=1S/C73H62N2/c1-8-62(40-32-52(3)4)75(67-48-49-72-69(51-67)68-29-18-20-31-71(68)73(72,61-27-15-12-16-28-61)70-30-19-17-23-55(70)7)66-44-36-58(37-45-66)57-34-42-64(43-35-57)74(63(9-2)41-33-54(6)56-24-13-10-11-14-25-56)65-46-38-59(39-47-65)60-26-21-22-53(5)50-60/h8-10,12-51H,3,6H2,1-2,4-5,7H3/b40-32-,41-33-,62-8+,63-9+. The summed E-state index contributed by atoms with van der Waals surface area (Å²) in [7, 11) is 0. The van der Waals surface area contributed by atoms with E-state index in [0.717, 1.165) is 62.0 Å². The molecule has 8 aromatic rings. The predicted molar refractivity (Wildman–Crippen MR) is 321 cm³/mol. The van der Waals surface area contributed by atoms with Crippen molar-refractivity contribution in [2.24, 2.45) is 0 Å². The van der Waals surface area contributed by atoms with Crippen molar-refractivity contribution in [1.29, 1.82) is 0 Å². The average Bonchev–Trinajstić information content (AvgIpc) is 3.55. The van der Waals surface area contributed by atoms with Crippen LogP contribution in [-0.4, -0.2) is 0 Å². The van der Waals surface area contributed by atoms with Crippen molar-refractivity contribution >= 4 is 22.7 Å². The lowest BCUT2D eigenvalue weighted by atomic mass is 9.66. The van der Waals surface area contributed by atoms with E-state index in [9.17, 15) is 0 Å². The van der Waals surface area contributed by atoms with Gasteiger partial charge in [-0.3, -0.25) is 0 Å². The number of hydrogen-bond acceptors (Lipinski definition) is 2. The summed E-state index contributed by atoms with van der Waals surface area (Å²) in [5, 5.41) is 0. The third-order valence-corrected chi connectivity index (χ3v) is 14.4. The fourth-order valence-corrected chi connectivity index (χ4v) is 10.8. The SMILES string of the molecule is C=C(C)/C=C\C(=C/C)N(c1ccc(-c2ccc(N(C(/C=C\C(=C)C3=CC=C=CC=C3)=C/C)c3ccc(-c4cccc(C)c4)cc3)cc2)cc1)c1ccc2c(c1)-c1ccccc1C2(c1ccccc1)c1ccccc1C. The van der Waals surface area contributed by atoms with E-state index < -0.39 is 5.41 Å². The van der Waals surface area contributed by atoms with Gasteiger partial charge in [0.1, 0.15) is 0 Å². The Bertz CT molecular complexity index is 3690. The summed E-state index contributed by atoms with van der Waals surface area (Å²) in [5.74, 6) is 0. The lowest BCUT2D eigenvalue weighted by molar-refractivity contribution is 0.761. The summed E-state index contributed by atoms with van der Waals surface area (Å²) in [5.41, 5.74) is 26.7. The van der Waals surface area contributed by atoms with Crippen LogP contribution in [0.15, 0.2) is 308 Å². The Morgan fingerprint density at radius 1 is 0.480 bits per heavy atom. The number of aryl methyl sites for hydroxylation is 2. The van der Waals surface area contributed by atoms with Gasteiger partial charge in [-0.2, -0.15) is 0 Å². The van der Waals surface area contributed by atoms with Gasteiger partial charge in [0.15, 0.2) is 0 Å². The fraction of sp³-hybridized carbons (Fsp3) is 0.0822. The van der Waals surface area contributed by atoms with Crippen LogP contribution in [0.2, 0.25) is 0 Å². The third kappa shape index (κ3) is 9.88. The molecule has 2 aliphatic rings. The molecule has 364 valence electrons. The average molecular weight is 967 g/mol. The van der Waals surface area contributed by atoms with Crippen LogP contribution in [-0.2, 0) is 5.41 Å². The Hall–Kier alpha value is -9.20. The van der Waals surface area contributed by atoms with Crippen molar-refractivity contribution in [1.82, 2.24) is 0 Å². The minimum absolute atomic E-state index is 0.480. The van der Waals surface area contributed by atoms with Gasteiger partial charge in [-0.15, -0.1) is 5.73 Å². The van der Waals surface area contributed by atoms with Gasteiger partial charge >= 0.3 is 0 Å². The molecule has 2 nitrogen and oxygen atoms in total. The molecule has 0 heterocycles. The smallest absolute Gasteiger partial charge is 0.0716 e. The molecule has 0 bridgehead atoms. The van der Waals surface area contributed by atoms with Crippen LogP contribution in [0, 0.1) is 13.8 Å². The number of hydrogen-bond donors (Lipinski definition) is 0. The molecule has 0 N–H and O–H groups in total. The van der Waals surface area contributed by atoms with Gasteiger partial charge in [0.2, 0.25) is 0 Å². The van der Waals surface area contributed by atoms with Gasteiger partial charge in [0.25, 0.3) is 0 Å². The minimum atomic E-state index is -0.480. The van der Waals surface area contributed by atoms with Crippen LogP contribution in [0.5, 0.6) is 0 Å². The van der Waals surface area contributed by atoms with E-state index in [1.807, 2.05) is 31.2 Å². The van der Waals surface area contributed by atoms with E-state index in [-0.39, 0.29) is 0 Å². The molecule has 2 heteroatoms. The van der Waals surface area contributed by atoms with Crippen LogP contribution in [0.25, 0.3) is 33.4 Å². The zero-order valence-corrected chi connectivity index (χ0v) is 43.6. The van der Waals surface area contributed by atoms with Crippen molar-refractivity contribution < 1.29 is 0 Å². The largest absolute Gasteiger partial charge is 0.311 e. The first-order valence-electron chi connectivity index (χ1n) is 25.8.